The lowest BCUT2D eigenvalue weighted by Crippen LogP contribution is -2.22. The minimum Gasteiger partial charge on any atom is -0.299 e. The molecule has 0 heterocycles. The van der Waals surface area contributed by atoms with E-state index in [1.54, 1.807) is 0 Å². The van der Waals surface area contributed by atoms with E-state index < -0.39 is 0 Å². The number of rotatable bonds is 0. The van der Waals surface area contributed by atoms with Gasteiger partial charge in [-0.15, -0.1) is 0 Å². The number of hydrogen-bond acceptors (Lipinski definition) is 2. The van der Waals surface area contributed by atoms with E-state index in [0.29, 0.717) is 6.42 Å². The van der Waals surface area contributed by atoms with Gasteiger partial charge in [0, 0.05) is 12.3 Å². The number of carbonyl (C=O) groups is 2. The summed E-state index contributed by atoms with van der Waals surface area (Å²) >= 11 is 0. The molecule has 0 aromatic heterocycles. The zero-order chi connectivity index (χ0) is 6.85. The van der Waals surface area contributed by atoms with Crippen molar-refractivity contribution in [3.63, 3.8) is 0 Å². The summed E-state index contributed by atoms with van der Waals surface area (Å²) in [7, 11) is 0. The fourth-order valence-corrected chi connectivity index (χ4v) is 0.995. The van der Waals surface area contributed by atoms with Gasteiger partial charge in [0.1, 0.15) is 11.6 Å². The third-order valence-corrected chi connectivity index (χ3v) is 1.78. The molecule has 2 heteroatoms. The van der Waals surface area contributed by atoms with E-state index in [2.05, 4.69) is 0 Å². The minimum absolute atomic E-state index is 0. The highest BCUT2D eigenvalue weighted by atomic mass is 16.1. The van der Waals surface area contributed by atoms with Crippen LogP contribution in [0.4, 0.5) is 0 Å². The van der Waals surface area contributed by atoms with Crippen LogP contribution in [0.1, 0.15) is 33.6 Å². The van der Waals surface area contributed by atoms with Gasteiger partial charge in [-0.25, -0.2) is 0 Å². The molecule has 1 unspecified atom stereocenters. The molecule has 0 spiro atoms. The quantitative estimate of drug-likeness (QED) is 0.481. The monoisotopic (exact) mass is 142 g/mol. The first-order valence-electron chi connectivity index (χ1n) is 3.24. The smallest absolute Gasteiger partial charge is 0.143 e. The molecule has 58 valence electrons. The van der Waals surface area contributed by atoms with Crippen LogP contribution in [0.2, 0.25) is 0 Å². The van der Waals surface area contributed by atoms with Crippen molar-refractivity contribution in [2.24, 2.45) is 5.92 Å². The average molecular weight is 142 g/mol. The molecule has 1 aliphatic rings. The molecular weight excluding hydrogens is 128 g/mol. The Bertz CT molecular complexity index is 149. The Morgan fingerprint density at radius 1 is 1.40 bits per heavy atom. The first kappa shape index (κ1) is 9.34. The molecule has 0 N–H and O–H groups in total. The molecule has 2 nitrogen and oxygen atoms in total. The van der Waals surface area contributed by atoms with Gasteiger partial charge >= 0.3 is 0 Å². The number of hydrogen-bond donors (Lipinski definition) is 0. The Morgan fingerprint density at radius 2 is 2.00 bits per heavy atom. The average Bonchev–Trinajstić information content (AvgIpc) is 1.80. The van der Waals surface area contributed by atoms with Crippen LogP contribution in [0.5, 0.6) is 0 Å². The van der Waals surface area contributed by atoms with Crippen molar-refractivity contribution in [2.45, 2.75) is 33.6 Å². The Kier molecular flexibility index (Phi) is 3.26. The molecule has 1 rings (SSSR count). The van der Waals surface area contributed by atoms with Gasteiger partial charge in [0.2, 0.25) is 0 Å². The van der Waals surface area contributed by atoms with Crippen molar-refractivity contribution in [1.29, 1.82) is 0 Å². The van der Waals surface area contributed by atoms with Crippen LogP contribution in [-0.4, -0.2) is 11.6 Å². The van der Waals surface area contributed by atoms with E-state index in [1.807, 2.05) is 6.92 Å². The molecule has 1 fully saturated rings. The maximum absolute atomic E-state index is 10.8. The predicted molar refractivity (Wildman–Crippen MR) is 39.8 cm³/mol. The van der Waals surface area contributed by atoms with Crippen molar-refractivity contribution < 1.29 is 9.59 Å². The van der Waals surface area contributed by atoms with E-state index in [0.717, 1.165) is 6.42 Å². The van der Waals surface area contributed by atoms with E-state index >= 15 is 0 Å². The number of carbonyl (C=O) groups excluding carboxylic acids is 2. The summed E-state index contributed by atoms with van der Waals surface area (Å²) in [6.07, 6.45) is 1.55. The van der Waals surface area contributed by atoms with Crippen LogP contribution < -0.4 is 0 Å². The maximum Gasteiger partial charge on any atom is 0.143 e. The first-order chi connectivity index (χ1) is 4.20. The first-order valence-corrected chi connectivity index (χ1v) is 3.24. The minimum atomic E-state index is 0. The van der Waals surface area contributed by atoms with Crippen LogP contribution >= 0.6 is 0 Å². The molecular formula is C8H14O2. The molecule has 0 radical (unpaired) electrons. The van der Waals surface area contributed by atoms with E-state index in [9.17, 15) is 9.59 Å². The predicted octanol–water partition coefficient (Wildman–Crippen LogP) is 1.58. The fraction of sp³-hybridized carbons (Fsp3) is 0.750. The molecule has 0 aromatic rings. The van der Waals surface area contributed by atoms with Crippen molar-refractivity contribution in [3.05, 3.63) is 0 Å². The van der Waals surface area contributed by atoms with Crippen molar-refractivity contribution in [2.75, 3.05) is 0 Å². The SMILES string of the molecule is C.CC1CCC(=O)CC1=O. The van der Waals surface area contributed by atoms with Crippen molar-refractivity contribution >= 4 is 11.6 Å². The number of Topliss-reactive ketones (excluding diaryl/α,β-unsaturated/α-hetero) is 2. The highest BCUT2D eigenvalue weighted by molar-refractivity contribution is 6.02. The highest BCUT2D eigenvalue weighted by Crippen LogP contribution is 2.16. The van der Waals surface area contributed by atoms with Gasteiger partial charge in [0.15, 0.2) is 0 Å². The summed E-state index contributed by atoms with van der Waals surface area (Å²) in [6.45, 7) is 1.88. The summed E-state index contributed by atoms with van der Waals surface area (Å²) in [5, 5.41) is 0. The second-order valence-electron chi connectivity index (χ2n) is 2.62. The molecule has 1 saturated carbocycles. The van der Waals surface area contributed by atoms with Crippen molar-refractivity contribution in [3.8, 4) is 0 Å². The van der Waals surface area contributed by atoms with Gasteiger partial charge in [-0.3, -0.25) is 9.59 Å². The Balaban J connectivity index is 0.000000810. The zero-order valence-electron chi connectivity index (χ0n) is 5.52. The third-order valence-electron chi connectivity index (χ3n) is 1.78. The van der Waals surface area contributed by atoms with Gasteiger partial charge in [0.25, 0.3) is 0 Å². The van der Waals surface area contributed by atoms with E-state index in [-0.39, 0.29) is 31.3 Å². The second kappa shape index (κ2) is 3.49. The van der Waals surface area contributed by atoms with Gasteiger partial charge in [-0.05, 0) is 6.42 Å². The summed E-state index contributed by atoms with van der Waals surface area (Å²) in [4.78, 5) is 21.4. The second-order valence-corrected chi connectivity index (χ2v) is 2.62. The van der Waals surface area contributed by atoms with E-state index in [4.69, 9.17) is 0 Å². The Hall–Kier alpha value is -0.660. The lowest BCUT2D eigenvalue weighted by Gasteiger charge is -2.13. The van der Waals surface area contributed by atoms with Gasteiger partial charge in [-0.2, -0.15) is 0 Å². The normalized spacial score (nSPS) is 25.9. The molecule has 0 bridgehead atoms. The van der Waals surface area contributed by atoms with Crippen molar-refractivity contribution in [1.82, 2.24) is 0 Å². The largest absolute Gasteiger partial charge is 0.299 e. The van der Waals surface area contributed by atoms with Crippen LogP contribution in [0.15, 0.2) is 0 Å². The Morgan fingerprint density at radius 3 is 2.40 bits per heavy atom. The Labute approximate surface area is 61.6 Å². The lowest BCUT2D eigenvalue weighted by molar-refractivity contribution is -0.132. The highest BCUT2D eigenvalue weighted by Gasteiger charge is 2.22. The van der Waals surface area contributed by atoms with Gasteiger partial charge in [-0.1, -0.05) is 14.4 Å². The summed E-state index contributed by atoms with van der Waals surface area (Å²) < 4.78 is 0. The molecule has 0 amide bonds. The summed E-state index contributed by atoms with van der Waals surface area (Å²) in [5.41, 5.74) is 0. The van der Waals surface area contributed by atoms with Crippen LogP contribution in [-0.2, 0) is 9.59 Å². The van der Waals surface area contributed by atoms with E-state index in [1.165, 1.54) is 0 Å². The molecule has 10 heavy (non-hydrogen) atoms. The van der Waals surface area contributed by atoms with Crippen LogP contribution in [0.25, 0.3) is 0 Å². The van der Waals surface area contributed by atoms with Crippen LogP contribution in [0.3, 0.4) is 0 Å². The lowest BCUT2D eigenvalue weighted by atomic mass is 9.89. The summed E-state index contributed by atoms with van der Waals surface area (Å²) in [5.74, 6) is 0.354. The maximum atomic E-state index is 10.8. The van der Waals surface area contributed by atoms with Gasteiger partial charge in [0.05, 0.1) is 6.42 Å². The molecule has 1 aliphatic carbocycles. The molecule has 0 aromatic carbocycles. The topological polar surface area (TPSA) is 34.1 Å². The number of ketones is 2. The zero-order valence-corrected chi connectivity index (χ0v) is 5.52. The fourth-order valence-electron chi connectivity index (χ4n) is 0.995. The van der Waals surface area contributed by atoms with Gasteiger partial charge < -0.3 is 0 Å². The summed E-state index contributed by atoms with van der Waals surface area (Å²) in [6, 6.07) is 0. The molecule has 0 aliphatic heterocycles. The third kappa shape index (κ3) is 1.94. The molecule has 0 saturated heterocycles. The molecule has 1 atom stereocenters. The standard InChI is InChI=1S/C7H10O2.CH4/c1-5-2-3-6(8)4-7(5)9;/h5H,2-4H2,1H3;1H4. The van der Waals surface area contributed by atoms with Crippen LogP contribution in [0, 0.1) is 5.92 Å².